The van der Waals surface area contributed by atoms with Crippen molar-refractivity contribution in [3.63, 3.8) is 0 Å². The third kappa shape index (κ3) is 4.85. The van der Waals surface area contributed by atoms with E-state index in [1.807, 2.05) is 29.0 Å². The van der Waals surface area contributed by atoms with Gasteiger partial charge in [-0.05, 0) is 11.5 Å². The van der Waals surface area contributed by atoms with Crippen LogP contribution < -0.4 is 10.1 Å². The number of amides is 1. The summed E-state index contributed by atoms with van der Waals surface area (Å²) in [5, 5.41) is 3.22. The zero-order valence-corrected chi connectivity index (χ0v) is 15.8. The third-order valence-corrected chi connectivity index (χ3v) is 4.73. The van der Waals surface area contributed by atoms with Crippen molar-refractivity contribution in [3.8, 4) is 5.75 Å². The first-order chi connectivity index (χ1) is 12.4. The number of hydrogen-bond acceptors (Lipinski definition) is 4. The molecule has 6 nitrogen and oxygen atoms in total. The summed E-state index contributed by atoms with van der Waals surface area (Å²) in [6.07, 6.45) is 5.47. The van der Waals surface area contributed by atoms with Gasteiger partial charge in [0.15, 0.2) is 0 Å². The van der Waals surface area contributed by atoms with E-state index in [2.05, 4.69) is 42.0 Å². The zero-order chi connectivity index (χ0) is 18.6. The van der Waals surface area contributed by atoms with Gasteiger partial charge < -0.3 is 14.6 Å². The van der Waals surface area contributed by atoms with Gasteiger partial charge in [0.05, 0.1) is 18.9 Å². The molecule has 2 aromatic rings. The minimum atomic E-state index is -0.0472. The van der Waals surface area contributed by atoms with Crippen molar-refractivity contribution in [1.82, 2.24) is 19.8 Å². The van der Waals surface area contributed by atoms with Crippen molar-refractivity contribution in [3.05, 3.63) is 48.5 Å². The van der Waals surface area contributed by atoms with Crippen LogP contribution in [0.1, 0.15) is 26.3 Å². The minimum Gasteiger partial charge on any atom is -0.492 e. The third-order valence-electron chi connectivity index (χ3n) is 4.73. The molecule has 0 fully saturated rings. The number of ether oxygens (including phenoxy) is 1. The number of benzene rings is 1. The Morgan fingerprint density at radius 1 is 1.35 bits per heavy atom. The van der Waals surface area contributed by atoms with Crippen LogP contribution in [0.4, 0.5) is 0 Å². The molecule has 1 atom stereocenters. The first-order valence-corrected chi connectivity index (χ1v) is 9.10. The molecular weight excluding hydrogens is 328 g/mol. The molecule has 0 saturated carbocycles. The number of rotatable bonds is 5. The van der Waals surface area contributed by atoms with Gasteiger partial charge in [-0.25, -0.2) is 4.98 Å². The molecule has 140 valence electrons. The number of aromatic nitrogens is 2. The molecule has 0 spiro atoms. The van der Waals surface area contributed by atoms with Crippen molar-refractivity contribution < 1.29 is 9.53 Å². The molecule has 1 amide bonds. The summed E-state index contributed by atoms with van der Waals surface area (Å²) >= 11 is 0. The van der Waals surface area contributed by atoms with Gasteiger partial charge in [0, 0.05) is 37.6 Å². The highest BCUT2D eigenvalue weighted by Gasteiger charge is 2.27. The van der Waals surface area contributed by atoms with Crippen LogP contribution >= 0.6 is 0 Å². The summed E-state index contributed by atoms with van der Waals surface area (Å²) in [5.41, 5.74) is 1.08. The predicted octanol–water partition coefficient (Wildman–Crippen LogP) is 2.31. The van der Waals surface area contributed by atoms with Crippen LogP contribution in [0.15, 0.2) is 43.0 Å². The van der Waals surface area contributed by atoms with E-state index in [1.54, 1.807) is 12.5 Å². The quantitative estimate of drug-likeness (QED) is 0.893. The van der Waals surface area contributed by atoms with Gasteiger partial charge in [-0.2, -0.15) is 0 Å². The van der Waals surface area contributed by atoms with Crippen molar-refractivity contribution >= 4 is 5.91 Å². The molecule has 1 aromatic heterocycles. The monoisotopic (exact) mass is 356 g/mol. The van der Waals surface area contributed by atoms with E-state index in [9.17, 15) is 4.79 Å². The molecule has 2 heterocycles. The van der Waals surface area contributed by atoms with Gasteiger partial charge >= 0.3 is 0 Å². The summed E-state index contributed by atoms with van der Waals surface area (Å²) < 4.78 is 7.79. The lowest BCUT2D eigenvalue weighted by Crippen LogP contribution is -2.49. The van der Waals surface area contributed by atoms with Crippen molar-refractivity contribution in [1.29, 1.82) is 0 Å². The van der Waals surface area contributed by atoms with E-state index < -0.39 is 0 Å². The normalized spacial score (nSPS) is 16.3. The van der Waals surface area contributed by atoms with Gasteiger partial charge in [-0.1, -0.05) is 39.0 Å². The number of imidazole rings is 1. The van der Waals surface area contributed by atoms with Gasteiger partial charge in [0.1, 0.15) is 12.4 Å². The molecule has 26 heavy (non-hydrogen) atoms. The SMILES string of the molecule is CC(C)(C)[C@@H](Cn1ccnc1)NC(=O)CN1CCOc2ccccc2C1. The Hall–Kier alpha value is -2.34. The highest BCUT2D eigenvalue weighted by atomic mass is 16.5. The van der Waals surface area contributed by atoms with Crippen LogP contribution in [0, 0.1) is 5.41 Å². The summed E-state index contributed by atoms with van der Waals surface area (Å²) in [6.45, 7) is 9.58. The second-order valence-electron chi connectivity index (χ2n) is 7.91. The van der Waals surface area contributed by atoms with Crippen LogP contribution in [-0.4, -0.2) is 46.1 Å². The smallest absolute Gasteiger partial charge is 0.234 e. The Bertz CT molecular complexity index is 722. The number of fused-ring (bicyclic) bond motifs is 1. The number of carbonyl (C=O) groups is 1. The van der Waals surface area contributed by atoms with Crippen LogP contribution in [-0.2, 0) is 17.9 Å². The van der Waals surface area contributed by atoms with E-state index >= 15 is 0 Å². The van der Waals surface area contributed by atoms with Gasteiger partial charge in [-0.15, -0.1) is 0 Å². The molecule has 0 bridgehead atoms. The first-order valence-electron chi connectivity index (χ1n) is 9.10. The second-order valence-corrected chi connectivity index (χ2v) is 7.91. The van der Waals surface area contributed by atoms with E-state index in [-0.39, 0.29) is 17.4 Å². The van der Waals surface area contributed by atoms with Crippen LogP contribution in [0.2, 0.25) is 0 Å². The number of nitrogens with zero attached hydrogens (tertiary/aromatic N) is 3. The van der Waals surface area contributed by atoms with Crippen LogP contribution in [0.5, 0.6) is 5.75 Å². The fourth-order valence-corrected chi connectivity index (χ4v) is 3.10. The highest BCUT2D eigenvalue weighted by molar-refractivity contribution is 5.78. The topological polar surface area (TPSA) is 59.4 Å². The average Bonchev–Trinajstić information content (AvgIpc) is 2.99. The van der Waals surface area contributed by atoms with Crippen molar-refractivity contribution in [2.24, 2.45) is 5.41 Å². The average molecular weight is 356 g/mol. The minimum absolute atomic E-state index is 0.0275. The number of hydrogen-bond donors (Lipinski definition) is 1. The fourth-order valence-electron chi connectivity index (χ4n) is 3.10. The molecule has 0 radical (unpaired) electrons. The number of para-hydroxylation sites is 1. The second kappa shape index (κ2) is 7.91. The lowest BCUT2D eigenvalue weighted by Gasteiger charge is -2.32. The lowest BCUT2D eigenvalue weighted by atomic mass is 9.86. The summed E-state index contributed by atoms with van der Waals surface area (Å²) in [4.78, 5) is 18.9. The maximum absolute atomic E-state index is 12.7. The molecular formula is C20H28N4O2. The van der Waals surface area contributed by atoms with Crippen LogP contribution in [0.25, 0.3) is 0 Å². The van der Waals surface area contributed by atoms with Gasteiger partial charge in [0.25, 0.3) is 0 Å². The summed E-state index contributed by atoms with van der Waals surface area (Å²) in [7, 11) is 0. The van der Waals surface area contributed by atoms with Gasteiger partial charge in [0.2, 0.25) is 5.91 Å². The number of nitrogens with one attached hydrogen (secondary N) is 1. The maximum Gasteiger partial charge on any atom is 0.234 e. The molecule has 1 aliphatic rings. The van der Waals surface area contributed by atoms with Crippen molar-refractivity contribution in [2.75, 3.05) is 19.7 Å². The Labute approximate surface area is 155 Å². The standard InChI is InChI=1S/C20H28N4O2/c1-20(2,3)18(13-24-9-8-21-15-24)22-19(25)14-23-10-11-26-17-7-5-4-6-16(17)12-23/h4-9,15,18H,10-14H2,1-3H3,(H,22,25)/t18-/m1/s1. The Morgan fingerprint density at radius 3 is 2.88 bits per heavy atom. The predicted molar refractivity (Wildman–Crippen MR) is 101 cm³/mol. The molecule has 0 unspecified atom stereocenters. The van der Waals surface area contributed by atoms with E-state index in [0.717, 1.165) is 24.4 Å². The van der Waals surface area contributed by atoms with Gasteiger partial charge in [-0.3, -0.25) is 9.69 Å². The molecule has 1 aliphatic heterocycles. The highest BCUT2D eigenvalue weighted by Crippen LogP contribution is 2.23. The largest absolute Gasteiger partial charge is 0.492 e. The van der Waals surface area contributed by atoms with Crippen LogP contribution in [0.3, 0.4) is 0 Å². The molecule has 0 aliphatic carbocycles. The maximum atomic E-state index is 12.7. The summed E-state index contributed by atoms with van der Waals surface area (Å²) in [6, 6.07) is 8.06. The molecule has 1 N–H and O–H groups in total. The molecule has 1 aromatic carbocycles. The van der Waals surface area contributed by atoms with E-state index in [4.69, 9.17) is 4.74 Å². The number of carbonyl (C=O) groups excluding carboxylic acids is 1. The van der Waals surface area contributed by atoms with Crippen molar-refractivity contribution in [2.45, 2.75) is 39.9 Å². The molecule has 0 saturated heterocycles. The van der Waals surface area contributed by atoms with E-state index in [1.165, 1.54) is 0 Å². The summed E-state index contributed by atoms with van der Waals surface area (Å²) in [5.74, 6) is 0.965. The Morgan fingerprint density at radius 2 is 2.15 bits per heavy atom. The molecule has 3 rings (SSSR count). The van der Waals surface area contributed by atoms with E-state index in [0.29, 0.717) is 19.7 Å². The Kier molecular flexibility index (Phi) is 5.61. The first kappa shape index (κ1) is 18.5. The Balaban J connectivity index is 1.61. The fraction of sp³-hybridized carbons (Fsp3) is 0.500. The molecule has 6 heteroatoms. The zero-order valence-electron chi connectivity index (χ0n) is 15.8. The lowest BCUT2D eigenvalue weighted by molar-refractivity contribution is -0.124.